The van der Waals surface area contributed by atoms with Crippen LogP contribution in [-0.2, 0) is 16.0 Å². The van der Waals surface area contributed by atoms with Crippen molar-refractivity contribution in [2.45, 2.75) is 18.9 Å². The van der Waals surface area contributed by atoms with Crippen LogP contribution in [0.4, 0.5) is 5.69 Å². The number of carbonyl (C=O) groups excluding carboxylic acids is 2. The van der Waals surface area contributed by atoms with Crippen molar-refractivity contribution in [2.75, 3.05) is 24.6 Å². The molecule has 0 unspecified atom stereocenters. The van der Waals surface area contributed by atoms with Crippen LogP contribution in [0.2, 0.25) is 0 Å². The van der Waals surface area contributed by atoms with Gasteiger partial charge in [-0.1, -0.05) is 30.3 Å². The summed E-state index contributed by atoms with van der Waals surface area (Å²) in [4.78, 5) is 26.7. The number of benzene rings is 2. The van der Waals surface area contributed by atoms with E-state index in [1.807, 2.05) is 36.4 Å². The second-order valence-corrected chi connectivity index (χ2v) is 6.36. The third kappa shape index (κ3) is 3.22. The van der Waals surface area contributed by atoms with Crippen molar-refractivity contribution >= 4 is 17.5 Å². The van der Waals surface area contributed by atoms with E-state index in [1.54, 1.807) is 17.0 Å². The second-order valence-electron chi connectivity index (χ2n) is 6.36. The highest BCUT2D eigenvalue weighted by molar-refractivity contribution is 5.98. The maximum absolute atomic E-state index is 12.6. The first-order valence-corrected chi connectivity index (χ1v) is 8.77. The zero-order valence-corrected chi connectivity index (χ0v) is 14.3. The van der Waals surface area contributed by atoms with Crippen molar-refractivity contribution in [3.05, 3.63) is 54.1 Å². The molecule has 1 N–H and O–H groups in total. The fraction of sp³-hybridized carbons (Fsp3) is 0.300. The molecule has 2 amide bonds. The summed E-state index contributed by atoms with van der Waals surface area (Å²) in [6.45, 7) is 0.736. The molecule has 0 saturated carbocycles. The lowest BCUT2D eigenvalue weighted by molar-refractivity contribution is -0.132. The molecule has 1 atom stereocenters. The van der Waals surface area contributed by atoms with Gasteiger partial charge < -0.3 is 19.7 Å². The average Bonchev–Trinajstić information content (AvgIpc) is 2.71. The van der Waals surface area contributed by atoms with Gasteiger partial charge in [-0.2, -0.15) is 0 Å². The number of ether oxygens (including phenoxy) is 2. The first-order valence-electron chi connectivity index (χ1n) is 8.77. The van der Waals surface area contributed by atoms with E-state index >= 15 is 0 Å². The molecule has 0 bridgehead atoms. The first kappa shape index (κ1) is 16.4. The Morgan fingerprint density at radius 1 is 1.08 bits per heavy atom. The van der Waals surface area contributed by atoms with E-state index in [0.29, 0.717) is 18.0 Å². The van der Waals surface area contributed by atoms with Crippen LogP contribution in [0, 0.1) is 0 Å². The Balaban J connectivity index is 1.36. The predicted octanol–water partition coefficient (Wildman–Crippen LogP) is 1.92. The van der Waals surface area contributed by atoms with Gasteiger partial charge >= 0.3 is 0 Å². The molecule has 4 rings (SSSR count). The first-order chi connectivity index (χ1) is 12.7. The molecular weight excluding hydrogens is 332 g/mol. The van der Waals surface area contributed by atoms with Gasteiger partial charge in [0.15, 0.2) is 11.5 Å². The van der Waals surface area contributed by atoms with Crippen LogP contribution in [0.25, 0.3) is 0 Å². The topological polar surface area (TPSA) is 67.9 Å². The van der Waals surface area contributed by atoms with Crippen LogP contribution < -0.4 is 19.7 Å². The fourth-order valence-electron chi connectivity index (χ4n) is 3.31. The van der Waals surface area contributed by atoms with Crippen LogP contribution in [0.15, 0.2) is 48.5 Å². The molecule has 0 spiro atoms. The quantitative estimate of drug-likeness (QED) is 0.916. The Morgan fingerprint density at radius 3 is 2.73 bits per heavy atom. The summed E-state index contributed by atoms with van der Waals surface area (Å²) in [5.41, 5.74) is 2.10. The van der Waals surface area contributed by atoms with Gasteiger partial charge in [0.1, 0.15) is 6.61 Å². The molecule has 0 saturated heterocycles. The Kier molecular flexibility index (Phi) is 4.48. The maximum atomic E-state index is 12.6. The molecule has 2 heterocycles. The SMILES string of the molecule is O=C(NCC(=O)N1CCCc2ccccc21)[C@H]1COc2ccccc2O1. The minimum Gasteiger partial charge on any atom is -0.485 e. The highest BCUT2D eigenvalue weighted by atomic mass is 16.6. The van der Waals surface area contributed by atoms with Crippen molar-refractivity contribution in [1.29, 1.82) is 0 Å². The summed E-state index contributed by atoms with van der Waals surface area (Å²) in [5, 5.41) is 2.68. The lowest BCUT2D eigenvalue weighted by atomic mass is 10.0. The standard InChI is InChI=1S/C20H20N2O4/c23-19(22-11-5-7-14-6-1-2-8-15(14)22)12-21-20(24)18-13-25-16-9-3-4-10-17(16)26-18/h1-4,6,8-10,18H,5,7,11-13H2,(H,21,24)/t18-/m1/s1. The van der Waals surface area contributed by atoms with E-state index in [2.05, 4.69) is 5.32 Å². The third-order valence-electron chi connectivity index (χ3n) is 4.63. The summed E-state index contributed by atoms with van der Waals surface area (Å²) in [6, 6.07) is 15.1. The van der Waals surface area contributed by atoms with Crippen molar-refractivity contribution in [3.8, 4) is 11.5 Å². The average molecular weight is 352 g/mol. The molecule has 2 aliphatic rings. The van der Waals surface area contributed by atoms with Gasteiger partial charge in [-0.3, -0.25) is 9.59 Å². The van der Waals surface area contributed by atoms with E-state index in [9.17, 15) is 9.59 Å². The summed E-state index contributed by atoms with van der Waals surface area (Å²) >= 11 is 0. The third-order valence-corrected chi connectivity index (χ3v) is 4.63. The molecule has 2 aliphatic heterocycles. The van der Waals surface area contributed by atoms with Crippen LogP contribution in [-0.4, -0.2) is 37.6 Å². The summed E-state index contributed by atoms with van der Waals surface area (Å²) in [5.74, 6) is 0.688. The summed E-state index contributed by atoms with van der Waals surface area (Å²) < 4.78 is 11.2. The zero-order chi connectivity index (χ0) is 17.9. The van der Waals surface area contributed by atoms with Gasteiger partial charge in [0, 0.05) is 12.2 Å². The highest BCUT2D eigenvalue weighted by Gasteiger charge is 2.28. The molecule has 134 valence electrons. The van der Waals surface area contributed by atoms with Gasteiger partial charge in [0.25, 0.3) is 5.91 Å². The Morgan fingerprint density at radius 2 is 1.85 bits per heavy atom. The minimum atomic E-state index is -0.758. The molecule has 2 aromatic rings. The lowest BCUT2D eigenvalue weighted by Crippen LogP contribution is -2.48. The number of rotatable bonds is 3. The van der Waals surface area contributed by atoms with Crippen molar-refractivity contribution in [3.63, 3.8) is 0 Å². The number of aryl methyl sites for hydroxylation is 1. The molecule has 0 fully saturated rings. The Bertz CT molecular complexity index is 836. The van der Waals surface area contributed by atoms with Crippen LogP contribution >= 0.6 is 0 Å². The highest BCUT2D eigenvalue weighted by Crippen LogP contribution is 2.31. The molecule has 2 aromatic carbocycles. The number of nitrogens with zero attached hydrogens (tertiary/aromatic N) is 1. The van der Waals surface area contributed by atoms with Gasteiger partial charge in [0.2, 0.25) is 12.0 Å². The summed E-state index contributed by atoms with van der Waals surface area (Å²) in [7, 11) is 0. The Hall–Kier alpha value is -3.02. The van der Waals surface area contributed by atoms with E-state index in [-0.39, 0.29) is 25.0 Å². The number of anilines is 1. The van der Waals surface area contributed by atoms with Gasteiger partial charge in [0.05, 0.1) is 6.54 Å². The number of hydrogen-bond acceptors (Lipinski definition) is 4. The van der Waals surface area contributed by atoms with E-state index in [4.69, 9.17) is 9.47 Å². The minimum absolute atomic E-state index is 0.0608. The molecular formula is C20H20N2O4. The molecule has 6 heteroatoms. The van der Waals surface area contributed by atoms with Gasteiger partial charge in [-0.25, -0.2) is 0 Å². The van der Waals surface area contributed by atoms with E-state index < -0.39 is 6.10 Å². The molecule has 6 nitrogen and oxygen atoms in total. The fourth-order valence-corrected chi connectivity index (χ4v) is 3.31. The van der Waals surface area contributed by atoms with E-state index in [0.717, 1.165) is 18.5 Å². The largest absolute Gasteiger partial charge is 0.485 e. The molecule has 0 aromatic heterocycles. The normalized spacial score (nSPS) is 18.0. The summed E-state index contributed by atoms with van der Waals surface area (Å²) in [6.07, 6.45) is 1.14. The molecule has 0 aliphatic carbocycles. The second kappa shape index (κ2) is 7.07. The number of hydrogen-bond donors (Lipinski definition) is 1. The number of nitrogens with one attached hydrogen (secondary N) is 1. The zero-order valence-electron chi connectivity index (χ0n) is 14.3. The van der Waals surface area contributed by atoms with Crippen LogP contribution in [0.3, 0.4) is 0 Å². The molecule has 26 heavy (non-hydrogen) atoms. The monoisotopic (exact) mass is 352 g/mol. The predicted molar refractivity (Wildman–Crippen MR) is 96.5 cm³/mol. The van der Waals surface area contributed by atoms with Crippen molar-refractivity contribution in [2.24, 2.45) is 0 Å². The Labute approximate surface area is 151 Å². The number of carbonyl (C=O) groups is 2. The number of fused-ring (bicyclic) bond motifs is 2. The van der Waals surface area contributed by atoms with Crippen LogP contribution in [0.1, 0.15) is 12.0 Å². The number of para-hydroxylation sites is 3. The van der Waals surface area contributed by atoms with Gasteiger partial charge in [-0.15, -0.1) is 0 Å². The smallest absolute Gasteiger partial charge is 0.265 e. The number of amides is 2. The van der Waals surface area contributed by atoms with E-state index in [1.165, 1.54) is 5.56 Å². The van der Waals surface area contributed by atoms with Gasteiger partial charge in [-0.05, 0) is 36.6 Å². The molecule has 0 radical (unpaired) electrons. The van der Waals surface area contributed by atoms with Crippen molar-refractivity contribution in [1.82, 2.24) is 5.32 Å². The lowest BCUT2D eigenvalue weighted by Gasteiger charge is -2.30. The van der Waals surface area contributed by atoms with Crippen molar-refractivity contribution < 1.29 is 19.1 Å². The maximum Gasteiger partial charge on any atom is 0.265 e. The van der Waals surface area contributed by atoms with Crippen LogP contribution in [0.5, 0.6) is 11.5 Å².